The third-order valence-corrected chi connectivity index (χ3v) is 19.6. The summed E-state index contributed by atoms with van der Waals surface area (Å²) in [7, 11) is 0. The van der Waals surface area contributed by atoms with Crippen molar-refractivity contribution in [3.05, 3.63) is 42.0 Å². The van der Waals surface area contributed by atoms with Gasteiger partial charge in [0.05, 0.1) is 30.8 Å². The van der Waals surface area contributed by atoms with Crippen molar-refractivity contribution in [3.8, 4) is 5.75 Å². The maximum Gasteiger partial charge on any atom is 0.318 e. The Labute approximate surface area is 452 Å². The molecule has 0 radical (unpaired) electrons. The molecule has 0 spiro atoms. The zero-order valence-corrected chi connectivity index (χ0v) is 47.3. The summed E-state index contributed by atoms with van der Waals surface area (Å²) in [6.45, 7) is 22.6. The lowest BCUT2D eigenvalue weighted by atomic mass is 9.33. The van der Waals surface area contributed by atoms with Gasteiger partial charge in [-0.1, -0.05) is 71.4 Å². The van der Waals surface area contributed by atoms with Gasteiger partial charge in [0.25, 0.3) is 0 Å². The average Bonchev–Trinajstić information content (AvgIpc) is 3.50. The molecule has 1 aromatic carbocycles. The highest BCUT2D eigenvalue weighted by Crippen LogP contribution is 2.76. The Kier molecular flexibility index (Phi) is 16.6. The summed E-state index contributed by atoms with van der Waals surface area (Å²) in [5.74, 6) is -3.59. The van der Waals surface area contributed by atoms with Gasteiger partial charge in [0.15, 0.2) is 49.2 Å². The molecule has 2 aliphatic heterocycles. The molecular formula is C59H82O18. The first kappa shape index (κ1) is 58.2. The summed E-state index contributed by atoms with van der Waals surface area (Å²) in [6, 6.07) is 9.39. The first-order valence-corrected chi connectivity index (χ1v) is 27.6. The van der Waals surface area contributed by atoms with Crippen LogP contribution >= 0.6 is 0 Å². The number of allylic oxidation sites excluding steroid dienone is 2. The van der Waals surface area contributed by atoms with Gasteiger partial charge in [-0.3, -0.25) is 33.6 Å². The lowest BCUT2D eigenvalue weighted by molar-refractivity contribution is -0.366. The van der Waals surface area contributed by atoms with Crippen LogP contribution in [0.15, 0.2) is 42.0 Å². The fourth-order valence-electron chi connectivity index (χ4n) is 15.8. The predicted molar refractivity (Wildman–Crippen MR) is 274 cm³/mol. The van der Waals surface area contributed by atoms with E-state index in [-0.39, 0.29) is 58.6 Å². The van der Waals surface area contributed by atoms with Crippen molar-refractivity contribution in [1.82, 2.24) is 0 Å². The van der Waals surface area contributed by atoms with Crippen LogP contribution in [0.4, 0.5) is 0 Å². The van der Waals surface area contributed by atoms with Gasteiger partial charge in [0.2, 0.25) is 0 Å². The molecule has 77 heavy (non-hydrogen) atoms. The van der Waals surface area contributed by atoms with Crippen molar-refractivity contribution in [3.63, 3.8) is 0 Å². The normalized spacial score (nSPS) is 40.9. The highest BCUT2D eigenvalue weighted by molar-refractivity contribution is 5.81. The van der Waals surface area contributed by atoms with E-state index >= 15 is 0 Å². The zero-order valence-electron chi connectivity index (χ0n) is 47.3. The van der Waals surface area contributed by atoms with Crippen molar-refractivity contribution in [2.75, 3.05) is 13.2 Å². The highest BCUT2D eigenvalue weighted by atomic mass is 16.8. The topological polar surface area (TPSA) is 221 Å². The molecule has 0 N–H and O–H groups in total. The van der Waals surface area contributed by atoms with Crippen LogP contribution in [0.25, 0.3) is 0 Å². The highest BCUT2D eigenvalue weighted by Gasteiger charge is 2.71. The summed E-state index contributed by atoms with van der Waals surface area (Å²) < 4.78 is 67.5. The average molecular weight is 1080 g/mol. The van der Waals surface area contributed by atoms with Gasteiger partial charge >= 0.3 is 41.8 Å². The summed E-state index contributed by atoms with van der Waals surface area (Å²) in [5.41, 5.74) is -0.727. The molecule has 4 saturated carbocycles. The maximum absolute atomic E-state index is 14.7. The summed E-state index contributed by atoms with van der Waals surface area (Å²) >= 11 is 0. The lowest BCUT2D eigenvalue weighted by Crippen LogP contribution is -2.67. The van der Waals surface area contributed by atoms with E-state index in [0.717, 1.165) is 71.6 Å². The number of rotatable bonds is 13. The lowest BCUT2D eigenvalue weighted by Gasteiger charge is -2.71. The molecule has 18 atom stereocenters. The molecule has 1 aromatic rings. The monoisotopic (exact) mass is 1080 g/mol. The maximum atomic E-state index is 14.7. The number of ether oxygens (including phenoxy) is 11. The number of hydrogen-bond donors (Lipinski definition) is 0. The van der Waals surface area contributed by atoms with Crippen LogP contribution in [0.3, 0.4) is 0 Å². The van der Waals surface area contributed by atoms with E-state index in [1.807, 2.05) is 30.3 Å². The Bertz CT molecular complexity index is 2460. The van der Waals surface area contributed by atoms with Gasteiger partial charge in [-0.2, -0.15) is 0 Å². The van der Waals surface area contributed by atoms with E-state index in [0.29, 0.717) is 12.2 Å². The number of esters is 7. The Morgan fingerprint density at radius 1 is 0.610 bits per heavy atom. The second kappa shape index (κ2) is 22.0. The number of carbonyl (C=O) groups excluding carboxylic acids is 7. The molecule has 0 aromatic heterocycles. The molecule has 2 saturated heterocycles. The molecule has 426 valence electrons. The molecular weight excluding hydrogens is 997 g/mol. The van der Waals surface area contributed by atoms with E-state index in [4.69, 9.17) is 52.1 Å². The van der Waals surface area contributed by atoms with E-state index in [2.05, 4.69) is 47.6 Å². The van der Waals surface area contributed by atoms with Crippen LogP contribution in [0, 0.1) is 50.2 Å². The largest absolute Gasteiger partial charge is 0.465 e. The number of hydrogen-bond acceptors (Lipinski definition) is 18. The Morgan fingerprint density at radius 2 is 1.22 bits per heavy atom. The fraction of sp³-hybridized carbons (Fsp3) is 0.746. The molecule has 5 aliphatic carbocycles. The van der Waals surface area contributed by atoms with Gasteiger partial charge in [0, 0.05) is 47.0 Å². The van der Waals surface area contributed by atoms with Crippen molar-refractivity contribution in [1.29, 1.82) is 0 Å². The minimum atomic E-state index is -1.60. The Hall–Kier alpha value is -4.91. The molecule has 0 amide bonds. The molecule has 6 fully saturated rings. The molecule has 8 rings (SSSR count). The van der Waals surface area contributed by atoms with Crippen molar-refractivity contribution in [2.45, 2.75) is 216 Å². The minimum absolute atomic E-state index is 0.0132. The van der Waals surface area contributed by atoms with Crippen molar-refractivity contribution < 1.29 is 85.7 Å². The molecule has 0 unspecified atom stereocenters. The van der Waals surface area contributed by atoms with Gasteiger partial charge in [-0.15, -0.1) is 0 Å². The molecule has 18 heteroatoms. The van der Waals surface area contributed by atoms with E-state index in [9.17, 15) is 33.6 Å². The standard InChI is InChI=1S/C59H82O18/c1-32-46(71-35(4)62)48(73-37(6)64)50(74-38(7)65)52(69-32)77-49-47(72-36(5)63)42(70-34(3)61)30-67-51(49)76-45-22-23-55(10)43(56(45,11)31-68-33(2)60)21-24-58(13)44(55)20-19-40-41-29-54(8,9)25-27-59(41,28-26-57(40,58)12)53(66)75-39-17-15-14-16-18-39/h14-19,32,41-52H,20-31H2,1-13H3/t32-,41+,42+,43-,44-,45+,46+,47+,48-,49-,50-,51+,52+,55+,56+,57-,58-,59+/m1/s1. The quantitative estimate of drug-likeness (QED) is 0.0594. The van der Waals surface area contributed by atoms with E-state index in [1.165, 1.54) is 33.3 Å². The summed E-state index contributed by atoms with van der Waals surface area (Å²) in [4.78, 5) is 90.8. The van der Waals surface area contributed by atoms with Crippen LogP contribution < -0.4 is 4.74 Å². The molecule has 2 heterocycles. The SMILES string of the molecule is CC(=O)OC[C@@]1(C)[C@@H]2CC[C@]3(C)[C@H](CC=C4[C@@H]5CC(C)(C)CC[C@]5(C(=O)Oc5ccccc5)CC[C@]43C)[C@@]2(C)CC[C@@H]1O[C@@H]1OC[C@H](OC(C)=O)[C@H](OC(C)=O)[C@H]1O[C@@H]1O[C@H](C)[C@H](OC(C)=O)[C@@H](OC(C)=O)[C@H]1OC(C)=O. The fourth-order valence-corrected chi connectivity index (χ4v) is 15.8. The van der Waals surface area contributed by atoms with Crippen molar-refractivity contribution in [2.24, 2.45) is 50.2 Å². The summed E-state index contributed by atoms with van der Waals surface area (Å²) in [6.07, 6.45) is -2.61. The molecule has 0 bridgehead atoms. The third kappa shape index (κ3) is 11.1. The Balaban J connectivity index is 1.14. The predicted octanol–water partition coefficient (Wildman–Crippen LogP) is 8.47. The van der Waals surface area contributed by atoms with Gasteiger partial charge in [0.1, 0.15) is 5.75 Å². The number of benzene rings is 1. The number of fused-ring (bicyclic) bond motifs is 7. The van der Waals surface area contributed by atoms with Crippen molar-refractivity contribution >= 4 is 41.8 Å². The number of para-hydroxylation sites is 1. The summed E-state index contributed by atoms with van der Waals surface area (Å²) in [5, 5.41) is 0. The molecule has 18 nitrogen and oxygen atoms in total. The first-order chi connectivity index (χ1) is 36.1. The van der Waals surface area contributed by atoms with Crippen LogP contribution in [-0.4, -0.2) is 116 Å². The van der Waals surface area contributed by atoms with Gasteiger partial charge in [-0.05, 0) is 123 Å². The molecule has 7 aliphatic rings. The third-order valence-electron chi connectivity index (χ3n) is 19.6. The first-order valence-electron chi connectivity index (χ1n) is 27.6. The van der Waals surface area contributed by atoms with Crippen LogP contribution in [0.2, 0.25) is 0 Å². The zero-order chi connectivity index (χ0) is 56.2. The second-order valence-corrected chi connectivity index (χ2v) is 25.0. The smallest absolute Gasteiger partial charge is 0.318 e. The van der Waals surface area contributed by atoms with Gasteiger partial charge < -0.3 is 52.1 Å². The van der Waals surface area contributed by atoms with Crippen LogP contribution in [0.5, 0.6) is 5.75 Å². The second-order valence-electron chi connectivity index (χ2n) is 25.0. The van der Waals surface area contributed by atoms with E-state index in [1.54, 1.807) is 6.92 Å². The van der Waals surface area contributed by atoms with Gasteiger partial charge in [-0.25, -0.2) is 0 Å². The van der Waals surface area contributed by atoms with Crippen LogP contribution in [0.1, 0.15) is 154 Å². The number of carbonyl (C=O) groups is 7. The van der Waals surface area contributed by atoms with E-state index < -0.39 is 108 Å². The minimum Gasteiger partial charge on any atom is -0.465 e. The Morgan fingerprint density at radius 3 is 1.86 bits per heavy atom. The van der Waals surface area contributed by atoms with Crippen LogP contribution in [-0.2, 0) is 80.9 Å².